The zero-order valence-electron chi connectivity index (χ0n) is 7.48. The molecular formula is C7H14N3Y2-. The van der Waals surface area contributed by atoms with E-state index in [9.17, 15) is 0 Å². The predicted octanol–water partition coefficient (Wildman–Crippen LogP) is 0.504. The Bertz CT molecular complexity index is 137. The van der Waals surface area contributed by atoms with Crippen LogP contribution < -0.4 is 16.0 Å². The van der Waals surface area contributed by atoms with E-state index >= 15 is 0 Å². The van der Waals surface area contributed by atoms with Gasteiger partial charge >= 0.3 is 0 Å². The molecule has 12 heavy (non-hydrogen) atoms. The van der Waals surface area contributed by atoms with E-state index in [1.54, 1.807) is 0 Å². The van der Waals surface area contributed by atoms with Crippen LogP contribution in [-0.4, -0.2) is 6.54 Å². The topological polar surface area (TPSA) is 36.1 Å². The van der Waals surface area contributed by atoms with Gasteiger partial charge in [0.25, 0.3) is 0 Å². The van der Waals surface area contributed by atoms with E-state index in [4.69, 9.17) is 0 Å². The van der Waals surface area contributed by atoms with Crippen LogP contribution in [0, 0.1) is 7.05 Å². The first-order valence-corrected chi connectivity index (χ1v) is 3.12. The summed E-state index contributed by atoms with van der Waals surface area (Å²) in [6, 6.07) is 0. The van der Waals surface area contributed by atoms with E-state index in [0.29, 0.717) is 5.82 Å². The molecule has 0 atom stereocenters. The Balaban J connectivity index is -0.000000405. The Hall–Kier alpha value is 1.09. The minimum Gasteiger partial charge on any atom is -0.525 e. The van der Waals surface area contributed by atoms with E-state index < -0.39 is 0 Å². The molecule has 2 radical (unpaired) electrons. The Labute approximate surface area is 125 Å². The van der Waals surface area contributed by atoms with Gasteiger partial charge in [-0.1, -0.05) is 13.2 Å². The fourth-order valence-electron chi connectivity index (χ4n) is 0.484. The van der Waals surface area contributed by atoms with Crippen molar-refractivity contribution in [2.75, 3.05) is 6.54 Å². The van der Waals surface area contributed by atoms with Gasteiger partial charge in [0.2, 0.25) is 0 Å². The van der Waals surface area contributed by atoms with Gasteiger partial charge in [-0.25, -0.2) is 0 Å². The normalized spacial score (nSPS) is 6.83. The number of nitrogens with one attached hydrogen (secondary N) is 3. The molecule has 0 aliphatic heterocycles. The van der Waals surface area contributed by atoms with Crippen molar-refractivity contribution in [1.29, 1.82) is 0 Å². The third-order valence-electron chi connectivity index (χ3n) is 0.905. The van der Waals surface area contributed by atoms with Crippen molar-refractivity contribution in [3.63, 3.8) is 0 Å². The van der Waals surface area contributed by atoms with Gasteiger partial charge in [-0.2, -0.15) is 0 Å². The zero-order chi connectivity index (χ0) is 7.98. The molecule has 0 aromatic rings. The molecule has 0 saturated heterocycles. The molecule has 0 aliphatic rings. The summed E-state index contributed by atoms with van der Waals surface area (Å²) < 4.78 is 0. The van der Waals surface area contributed by atoms with Crippen LogP contribution in [0.3, 0.4) is 0 Å². The van der Waals surface area contributed by atoms with Crippen LogP contribution in [-0.2, 0) is 65.4 Å². The monoisotopic (exact) mass is 318 g/mol. The van der Waals surface area contributed by atoms with Crippen molar-refractivity contribution in [2.45, 2.75) is 6.92 Å². The Morgan fingerprint density at radius 1 is 1.25 bits per heavy atom. The smallest absolute Gasteiger partial charge is 0.0967 e. The minimum atomic E-state index is 0. The van der Waals surface area contributed by atoms with Crippen LogP contribution in [0.25, 0.3) is 0 Å². The van der Waals surface area contributed by atoms with Crippen LogP contribution in [0.15, 0.2) is 24.8 Å². The first-order chi connectivity index (χ1) is 4.70. The van der Waals surface area contributed by atoms with E-state index in [-0.39, 0.29) is 65.4 Å². The molecule has 0 rings (SSSR count). The van der Waals surface area contributed by atoms with Crippen molar-refractivity contribution in [3.8, 4) is 0 Å². The first kappa shape index (κ1) is 18.8. The van der Waals surface area contributed by atoms with Crippen molar-refractivity contribution in [1.82, 2.24) is 16.0 Å². The molecule has 0 fully saturated rings. The molecule has 0 aromatic heterocycles. The molecular weight excluding hydrogens is 304 g/mol. The molecule has 0 saturated carbocycles. The standard InChI is InChI=1S/C7H14N3.2Y/c1-5-9-7(3)10-6(2)8-4;;/h8-10H,2-5H2,1H3;;/q-1;;. The van der Waals surface area contributed by atoms with Gasteiger partial charge < -0.3 is 16.0 Å². The fourth-order valence-corrected chi connectivity index (χ4v) is 0.484. The molecule has 0 spiro atoms. The minimum absolute atomic E-state index is 0. The van der Waals surface area contributed by atoms with E-state index in [2.05, 4.69) is 36.2 Å². The van der Waals surface area contributed by atoms with Crippen LogP contribution in [0.5, 0.6) is 0 Å². The average molecular weight is 318 g/mol. The molecule has 5 heteroatoms. The molecule has 0 heterocycles. The van der Waals surface area contributed by atoms with Crippen molar-refractivity contribution >= 4 is 0 Å². The van der Waals surface area contributed by atoms with Gasteiger partial charge in [0.15, 0.2) is 0 Å². The molecule has 3 nitrogen and oxygen atoms in total. The third kappa shape index (κ3) is 11.1. The molecule has 0 aromatic carbocycles. The summed E-state index contributed by atoms with van der Waals surface area (Å²) in [6.07, 6.45) is 0. The second-order valence-corrected chi connectivity index (χ2v) is 1.79. The SMILES string of the molecule is C=C(N[CH2-])NC(=C)NCC.[Y].[Y]. The quantitative estimate of drug-likeness (QED) is 0.647. The maximum absolute atomic E-state index is 3.68. The Kier molecular flexibility index (Phi) is 18.9. The summed E-state index contributed by atoms with van der Waals surface area (Å²) in [5.74, 6) is 1.36. The summed E-state index contributed by atoms with van der Waals surface area (Å²) in [6.45, 7) is 10.1. The maximum atomic E-state index is 3.68. The van der Waals surface area contributed by atoms with Gasteiger partial charge in [0.1, 0.15) is 0 Å². The number of rotatable bonds is 5. The van der Waals surface area contributed by atoms with E-state index in [1.165, 1.54) is 0 Å². The molecule has 0 amide bonds. The van der Waals surface area contributed by atoms with Crippen LogP contribution in [0.2, 0.25) is 0 Å². The number of hydrogen-bond donors (Lipinski definition) is 3. The largest absolute Gasteiger partial charge is 0.525 e. The van der Waals surface area contributed by atoms with Crippen molar-refractivity contribution in [3.05, 3.63) is 31.8 Å². The number of hydrogen-bond acceptors (Lipinski definition) is 3. The van der Waals surface area contributed by atoms with Gasteiger partial charge in [0.05, 0.1) is 11.6 Å². The summed E-state index contributed by atoms with van der Waals surface area (Å²) >= 11 is 0. The summed E-state index contributed by atoms with van der Waals surface area (Å²) in [5, 5.41) is 8.43. The van der Waals surface area contributed by atoms with Crippen LogP contribution in [0.1, 0.15) is 6.92 Å². The average Bonchev–Trinajstić information content (AvgIpc) is 1.88. The van der Waals surface area contributed by atoms with Crippen molar-refractivity contribution < 1.29 is 65.4 Å². The van der Waals surface area contributed by atoms with Gasteiger partial charge in [-0.15, -0.1) is 0 Å². The van der Waals surface area contributed by atoms with Crippen LogP contribution >= 0.6 is 0 Å². The maximum Gasteiger partial charge on any atom is 0.0967 e. The van der Waals surface area contributed by atoms with Gasteiger partial charge in [-0.05, 0) is 6.92 Å². The molecule has 0 bridgehead atoms. The predicted molar refractivity (Wildman–Crippen MR) is 43.6 cm³/mol. The Morgan fingerprint density at radius 2 is 1.75 bits per heavy atom. The molecule has 64 valence electrons. The van der Waals surface area contributed by atoms with Gasteiger partial charge in [0, 0.05) is 72.0 Å². The van der Waals surface area contributed by atoms with Crippen LogP contribution in [0.4, 0.5) is 0 Å². The Morgan fingerprint density at radius 3 is 2.08 bits per heavy atom. The summed E-state index contributed by atoms with van der Waals surface area (Å²) in [7, 11) is 3.42. The van der Waals surface area contributed by atoms with E-state index in [0.717, 1.165) is 12.4 Å². The second kappa shape index (κ2) is 12.1. The zero-order valence-corrected chi connectivity index (χ0v) is 13.2. The van der Waals surface area contributed by atoms with E-state index in [1.807, 2.05) is 6.92 Å². The first-order valence-electron chi connectivity index (χ1n) is 3.12. The summed E-state index contributed by atoms with van der Waals surface area (Å²) in [5.41, 5.74) is 0. The molecule has 3 N–H and O–H groups in total. The second-order valence-electron chi connectivity index (χ2n) is 1.79. The van der Waals surface area contributed by atoms with Crippen molar-refractivity contribution in [2.24, 2.45) is 0 Å². The van der Waals surface area contributed by atoms with Gasteiger partial charge in [-0.3, -0.25) is 7.05 Å². The molecule has 0 unspecified atom stereocenters. The third-order valence-corrected chi connectivity index (χ3v) is 0.905. The molecule has 0 aliphatic carbocycles. The summed E-state index contributed by atoms with van der Waals surface area (Å²) in [4.78, 5) is 0. The fraction of sp³-hybridized carbons (Fsp3) is 0.286.